The van der Waals surface area contributed by atoms with Gasteiger partial charge in [-0.3, -0.25) is 4.99 Å². The van der Waals surface area contributed by atoms with Gasteiger partial charge in [0.1, 0.15) is 0 Å². The van der Waals surface area contributed by atoms with Crippen molar-refractivity contribution in [2.75, 3.05) is 0 Å². The van der Waals surface area contributed by atoms with Crippen molar-refractivity contribution < 1.29 is 0 Å². The predicted molar refractivity (Wildman–Crippen MR) is 63.5 cm³/mol. The van der Waals surface area contributed by atoms with Crippen molar-refractivity contribution in [2.45, 2.75) is 20.3 Å². The van der Waals surface area contributed by atoms with E-state index in [1.807, 2.05) is 6.08 Å². The van der Waals surface area contributed by atoms with Gasteiger partial charge in [-0.1, -0.05) is 38.7 Å². The average molecular weight is 187 g/mol. The van der Waals surface area contributed by atoms with Gasteiger partial charge in [0, 0.05) is 0 Å². The normalized spacial score (nSPS) is 20.1. The molecule has 0 heterocycles. The first-order chi connectivity index (χ1) is 6.60. The molecule has 0 spiro atoms. The Labute approximate surface area is 86.2 Å². The van der Waals surface area contributed by atoms with Crippen molar-refractivity contribution >= 4 is 6.72 Å². The maximum Gasteiger partial charge on any atom is 0.0619 e. The number of rotatable bonds is 3. The minimum absolute atomic E-state index is 0.188. The molecule has 0 saturated heterocycles. The highest BCUT2D eigenvalue weighted by atomic mass is 14.7. The lowest BCUT2D eigenvalue weighted by Gasteiger charge is -2.27. The zero-order valence-corrected chi connectivity index (χ0v) is 8.96. The maximum absolute atomic E-state index is 3.89. The number of allylic oxidation sites excluding steroid dienone is 6. The van der Waals surface area contributed by atoms with E-state index in [9.17, 15) is 0 Å². The molecule has 0 amide bonds. The van der Waals surface area contributed by atoms with Crippen molar-refractivity contribution in [3.05, 3.63) is 48.2 Å². The molecule has 0 unspecified atom stereocenters. The highest BCUT2D eigenvalue weighted by molar-refractivity contribution is 5.41. The van der Waals surface area contributed by atoms with Gasteiger partial charge < -0.3 is 0 Å². The fourth-order valence-electron chi connectivity index (χ4n) is 1.45. The van der Waals surface area contributed by atoms with Crippen LogP contribution in [0.3, 0.4) is 0 Å². The van der Waals surface area contributed by atoms with Crippen molar-refractivity contribution in [3.63, 3.8) is 0 Å². The van der Waals surface area contributed by atoms with Crippen LogP contribution in [0, 0.1) is 5.41 Å². The van der Waals surface area contributed by atoms with Crippen molar-refractivity contribution in [1.29, 1.82) is 0 Å². The van der Waals surface area contributed by atoms with Gasteiger partial charge in [0.15, 0.2) is 0 Å². The molecule has 0 aliphatic heterocycles. The molecule has 0 atom stereocenters. The van der Waals surface area contributed by atoms with E-state index in [-0.39, 0.29) is 5.41 Å². The monoisotopic (exact) mass is 187 g/mol. The number of hydrogen-bond acceptors (Lipinski definition) is 1. The van der Waals surface area contributed by atoms with E-state index in [4.69, 9.17) is 0 Å². The Hall–Kier alpha value is -1.37. The molecule has 0 fully saturated rings. The van der Waals surface area contributed by atoms with Crippen molar-refractivity contribution in [1.82, 2.24) is 0 Å². The van der Waals surface area contributed by atoms with E-state index in [2.05, 4.69) is 50.4 Å². The minimum Gasteiger partial charge on any atom is -0.265 e. The summed E-state index contributed by atoms with van der Waals surface area (Å²) in [5.74, 6) is 0. The average Bonchev–Trinajstić information content (AvgIpc) is 2.16. The van der Waals surface area contributed by atoms with Crippen LogP contribution in [0.2, 0.25) is 0 Å². The summed E-state index contributed by atoms with van der Waals surface area (Å²) in [7, 11) is 0. The zero-order valence-electron chi connectivity index (χ0n) is 8.96. The number of nitrogens with zero attached hydrogens (tertiary/aromatic N) is 1. The summed E-state index contributed by atoms with van der Waals surface area (Å²) in [6, 6.07) is 0. The second-order valence-corrected chi connectivity index (χ2v) is 4.07. The quantitative estimate of drug-likeness (QED) is 0.472. The Morgan fingerprint density at radius 2 is 2.29 bits per heavy atom. The van der Waals surface area contributed by atoms with Gasteiger partial charge in [0.05, 0.1) is 5.70 Å². The molecule has 1 rings (SSSR count). The van der Waals surface area contributed by atoms with E-state index in [0.29, 0.717) is 0 Å². The third-order valence-electron chi connectivity index (χ3n) is 2.52. The Balaban J connectivity index is 3.01. The SMILES string of the molecule is C=C/C(=C/C1=CC=CCC1(C)C)N=C. The fraction of sp³-hybridized carbons (Fsp3) is 0.308. The van der Waals surface area contributed by atoms with Crippen LogP contribution in [-0.4, -0.2) is 6.72 Å². The first-order valence-corrected chi connectivity index (χ1v) is 4.78. The topological polar surface area (TPSA) is 12.4 Å². The third kappa shape index (κ3) is 2.32. The zero-order chi connectivity index (χ0) is 10.6. The fourth-order valence-corrected chi connectivity index (χ4v) is 1.45. The number of hydrogen-bond donors (Lipinski definition) is 0. The Morgan fingerprint density at radius 3 is 2.79 bits per heavy atom. The van der Waals surface area contributed by atoms with E-state index in [0.717, 1.165) is 12.1 Å². The number of aliphatic imine (C=N–C) groups is 1. The van der Waals surface area contributed by atoms with E-state index in [1.165, 1.54) is 5.57 Å². The van der Waals surface area contributed by atoms with E-state index >= 15 is 0 Å². The minimum atomic E-state index is 0.188. The maximum atomic E-state index is 3.89. The smallest absolute Gasteiger partial charge is 0.0619 e. The Kier molecular flexibility index (Phi) is 3.23. The van der Waals surface area contributed by atoms with Gasteiger partial charge in [-0.25, -0.2) is 0 Å². The van der Waals surface area contributed by atoms with Crippen LogP contribution in [-0.2, 0) is 0 Å². The molecule has 0 N–H and O–H groups in total. The lowest BCUT2D eigenvalue weighted by Crippen LogP contribution is -2.14. The molecule has 0 aromatic rings. The second kappa shape index (κ2) is 4.23. The van der Waals surface area contributed by atoms with Crippen LogP contribution in [0.25, 0.3) is 0 Å². The molecule has 0 radical (unpaired) electrons. The van der Waals surface area contributed by atoms with E-state index < -0.39 is 0 Å². The molecule has 1 aliphatic carbocycles. The van der Waals surface area contributed by atoms with Crippen LogP contribution in [0.1, 0.15) is 20.3 Å². The molecule has 1 nitrogen and oxygen atoms in total. The first-order valence-electron chi connectivity index (χ1n) is 4.78. The largest absolute Gasteiger partial charge is 0.265 e. The summed E-state index contributed by atoms with van der Waals surface area (Å²) in [6.07, 6.45) is 11.2. The molecule has 0 bridgehead atoms. The summed E-state index contributed by atoms with van der Waals surface area (Å²) in [5.41, 5.74) is 2.30. The lowest BCUT2D eigenvalue weighted by atomic mass is 9.78. The Morgan fingerprint density at radius 1 is 1.57 bits per heavy atom. The molecule has 0 aromatic carbocycles. The Bertz CT molecular complexity index is 317. The highest BCUT2D eigenvalue weighted by Gasteiger charge is 2.21. The van der Waals surface area contributed by atoms with Crippen LogP contribution >= 0.6 is 0 Å². The van der Waals surface area contributed by atoms with Gasteiger partial charge >= 0.3 is 0 Å². The van der Waals surface area contributed by atoms with Crippen molar-refractivity contribution in [3.8, 4) is 0 Å². The van der Waals surface area contributed by atoms with Gasteiger partial charge in [-0.05, 0) is 36.3 Å². The van der Waals surface area contributed by atoms with Crippen LogP contribution in [0.4, 0.5) is 0 Å². The van der Waals surface area contributed by atoms with E-state index in [1.54, 1.807) is 6.08 Å². The summed E-state index contributed by atoms with van der Waals surface area (Å²) in [5, 5.41) is 0. The standard InChI is InChI=1S/C13H17N/c1-5-12(14-4)10-11-8-6-7-9-13(11,2)3/h5-8,10H,1,4,9H2,2-3H3/b12-10-. The molecular formula is C13H17N. The van der Waals surface area contributed by atoms with Gasteiger partial charge in [0.2, 0.25) is 0 Å². The molecule has 0 aromatic heterocycles. The van der Waals surface area contributed by atoms with Crippen LogP contribution in [0.15, 0.2) is 53.2 Å². The molecule has 74 valence electrons. The van der Waals surface area contributed by atoms with Crippen molar-refractivity contribution in [2.24, 2.45) is 10.4 Å². The lowest BCUT2D eigenvalue weighted by molar-refractivity contribution is 0.460. The summed E-state index contributed by atoms with van der Waals surface area (Å²) in [6.45, 7) is 11.7. The van der Waals surface area contributed by atoms with Gasteiger partial charge in [-0.15, -0.1) is 0 Å². The van der Waals surface area contributed by atoms with Crippen LogP contribution < -0.4 is 0 Å². The molecular weight excluding hydrogens is 170 g/mol. The highest BCUT2D eigenvalue weighted by Crippen LogP contribution is 2.35. The first kappa shape index (κ1) is 10.7. The van der Waals surface area contributed by atoms with Crippen LogP contribution in [0.5, 0.6) is 0 Å². The summed E-state index contributed by atoms with van der Waals surface area (Å²) < 4.78 is 0. The molecule has 0 saturated carbocycles. The summed E-state index contributed by atoms with van der Waals surface area (Å²) >= 11 is 0. The predicted octanol–water partition coefficient (Wildman–Crippen LogP) is 3.67. The molecule has 1 heteroatoms. The summed E-state index contributed by atoms with van der Waals surface area (Å²) in [4.78, 5) is 3.89. The molecule has 14 heavy (non-hydrogen) atoms. The third-order valence-corrected chi connectivity index (χ3v) is 2.52. The van der Waals surface area contributed by atoms with Gasteiger partial charge in [0.25, 0.3) is 0 Å². The second-order valence-electron chi connectivity index (χ2n) is 4.07. The van der Waals surface area contributed by atoms with Gasteiger partial charge in [-0.2, -0.15) is 0 Å². The molecule has 1 aliphatic rings.